The van der Waals surface area contributed by atoms with Crippen molar-refractivity contribution in [3.05, 3.63) is 64.2 Å². The molecule has 9 nitrogen and oxygen atoms in total. The molecule has 0 spiro atoms. The molecule has 1 atom stereocenters. The standard InChI is InChI=1S/C36H46F3N7O2/c1-22(2)30-20-43(4)10-11-45(30)18-24-12-27-28(29(13-24)36(37,38)39)19-46(33(27)47)31-14-25(15-32(41-31)48-26-8-6-7-9-26)35(16-23(3)17-35)34-42-40-21-44(34)5/h12-15,21-23,26,30H,6-11,16-20H2,1-5H3/t23-,30-,35+/m1/s1. The molecule has 4 aliphatic rings. The second-order valence-electron chi connectivity index (χ2n) is 15.0. The van der Waals surface area contributed by atoms with E-state index >= 15 is 0 Å². The van der Waals surface area contributed by atoms with Crippen LogP contribution in [-0.2, 0) is 31.7 Å². The van der Waals surface area contributed by atoms with E-state index < -0.39 is 23.1 Å². The van der Waals surface area contributed by atoms with Gasteiger partial charge in [0.1, 0.15) is 24.1 Å². The van der Waals surface area contributed by atoms with Crippen LogP contribution >= 0.6 is 0 Å². The highest BCUT2D eigenvalue weighted by Crippen LogP contribution is 2.53. The summed E-state index contributed by atoms with van der Waals surface area (Å²) in [7, 11) is 3.99. The molecule has 1 aromatic carbocycles. The number of hydrogen-bond acceptors (Lipinski definition) is 7. The van der Waals surface area contributed by atoms with E-state index in [1.165, 1.54) is 11.0 Å². The number of pyridine rings is 1. The van der Waals surface area contributed by atoms with Crippen LogP contribution in [0, 0.1) is 11.8 Å². The Balaban J connectivity index is 1.27. The van der Waals surface area contributed by atoms with Gasteiger partial charge in [0.15, 0.2) is 0 Å². The van der Waals surface area contributed by atoms with E-state index in [9.17, 15) is 18.0 Å². The highest BCUT2D eigenvalue weighted by atomic mass is 19.4. The van der Waals surface area contributed by atoms with Gasteiger partial charge in [-0.25, -0.2) is 0 Å². The van der Waals surface area contributed by atoms with Crippen LogP contribution < -0.4 is 9.64 Å². The van der Waals surface area contributed by atoms with Gasteiger partial charge >= 0.3 is 6.18 Å². The van der Waals surface area contributed by atoms with Crippen LogP contribution in [0.1, 0.15) is 97.7 Å². The molecule has 2 saturated carbocycles. The molecule has 2 aromatic heterocycles. The molecule has 4 heterocycles. The van der Waals surface area contributed by atoms with Crippen molar-refractivity contribution in [3.8, 4) is 5.88 Å². The lowest BCUT2D eigenvalue weighted by Gasteiger charge is -2.46. The molecule has 48 heavy (non-hydrogen) atoms. The summed E-state index contributed by atoms with van der Waals surface area (Å²) in [5.41, 5.74) is 0.281. The second kappa shape index (κ2) is 12.4. The first-order valence-electron chi connectivity index (χ1n) is 17.3. The number of fused-ring (bicyclic) bond motifs is 1. The Labute approximate surface area is 280 Å². The highest BCUT2D eigenvalue weighted by Gasteiger charge is 2.49. The summed E-state index contributed by atoms with van der Waals surface area (Å²) < 4.78 is 52.5. The maximum Gasteiger partial charge on any atom is 0.416 e. The molecule has 7 rings (SSSR count). The third-order valence-corrected chi connectivity index (χ3v) is 11.0. The summed E-state index contributed by atoms with van der Waals surface area (Å²) in [6.07, 6.45) is 2.73. The number of carbonyl (C=O) groups is 1. The molecule has 1 saturated heterocycles. The van der Waals surface area contributed by atoms with Crippen LogP contribution in [0.15, 0.2) is 30.6 Å². The topological polar surface area (TPSA) is 79.6 Å². The number of hydrogen-bond donors (Lipinski definition) is 0. The molecule has 3 fully saturated rings. The van der Waals surface area contributed by atoms with Gasteiger partial charge in [-0.3, -0.25) is 14.6 Å². The van der Waals surface area contributed by atoms with E-state index in [0.717, 1.165) is 69.5 Å². The molecular weight excluding hydrogens is 619 g/mol. The predicted octanol–water partition coefficient (Wildman–Crippen LogP) is 6.20. The van der Waals surface area contributed by atoms with Crippen molar-refractivity contribution >= 4 is 11.7 Å². The number of likely N-dealkylation sites (N-methyl/N-ethyl adjacent to an activating group) is 1. The third-order valence-electron chi connectivity index (χ3n) is 11.0. The summed E-state index contributed by atoms with van der Waals surface area (Å²) in [6.45, 7) is 9.07. The minimum Gasteiger partial charge on any atom is -0.474 e. The molecular formula is C36H46F3N7O2. The quantitative estimate of drug-likeness (QED) is 0.284. The monoisotopic (exact) mass is 665 g/mol. The number of rotatable bonds is 8. The van der Waals surface area contributed by atoms with Gasteiger partial charge in [-0.05, 0) is 92.3 Å². The second-order valence-corrected chi connectivity index (χ2v) is 15.0. The SMILES string of the molecule is CC(C)[C@H]1CN(C)CCN1Cc1cc2c(c(C(F)(F)F)c1)CN(c1cc([C@]3(c4nncn4C)C[C@@H](C)C3)cc(OC3CCCC3)n1)C2=O. The van der Waals surface area contributed by atoms with Gasteiger partial charge in [-0.15, -0.1) is 10.2 Å². The van der Waals surface area contributed by atoms with Gasteiger partial charge in [0.25, 0.3) is 5.91 Å². The zero-order valence-electron chi connectivity index (χ0n) is 28.6. The van der Waals surface area contributed by atoms with Gasteiger partial charge < -0.3 is 14.2 Å². The number of alkyl halides is 3. The molecule has 258 valence electrons. The van der Waals surface area contributed by atoms with E-state index in [4.69, 9.17) is 9.72 Å². The zero-order chi connectivity index (χ0) is 34.0. The van der Waals surface area contributed by atoms with Crippen LogP contribution in [0.3, 0.4) is 0 Å². The zero-order valence-corrected chi connectivity index (χ0v) is 28.6. The normalized spacial score (nSPS) is 25.6. The Morgan fingerprint density at radius 2 is 1.81 bits per heavy atom. The number of aryl methyl sites for hydroxylation is 1. The molecule has 0 bridgehead atoms. The van der Waals surface area contributed by atoms with E-state index in [1.807, 2.05) is 23.7 Å². The van der Waals surface area contributed by atoms with Gasteiger partial charge in [-0.1, -0.05) is 20.8 Å². The van der Waals surface area contributed by atoms with Crippen LogP contribution in [-0.4, -0.2) is 74.3 Å². The lowest BCUT2D eigenvalue weighted by atomic mass is 9.58. The Kier molecular flexibility index (Phi) is 8.55. The van der Waals surface area contributed by atoms with Gasteiger partial charge in [0.05, 0.1) is 17.5 Å². The average Bonchev–Trinajstić information content (AvgIpc) is 3.76. The van der Waals surface area contributed by atoms with Crippen LogP contribution in [0.5, 0.6) is 5.88 Å². The summed E-state index contributed by atoms with van der Waals surface area (Å²) in [6, 6.07) is 6.94. The summed E-state index contributed by atoms with van der Waals surface area (Å²) in [5.74, 6) is 1.82. The largest absolute Gasteiger partial charge is 0.474 e. The van der Waals surface area contributed by atoms with E-state index in [2.05, 4.69) is 47.8 Å². The Bertz CT molecular complexity index is 1680. The minimum absolute atomic E-state index is 0.000724. The number of halogens is 3. The third kappa shape index (κ3) is 5.99. The van der Waals surface area contributed by atoms with Crippen LogP contribution in [0.2, 0.25) is 0 Å². The maximum absolute atomic E-state index is 14.7. The predicted molar refractivity (Wildman–Crippen MR) is 176 cm³/mol. The molecule has 12 heteroatoms. The summed E-state index contributed by atoms with van der Waals surface area (Å²) >= 11 is 0. The Morgan fingerprint density at radius 1 is 1.06 bits per heavy atom. The van der Waals surface area contributed by atoms with Gasteiger partial charge in [0.2, 0.25) is 5.88 Å². The lowest BCUT2D eigenvalue weighted by molar-refractivity contribution is -0.138. The highest BCUT2D eigenvalue weighted by molar-refractivity contribution is 6.10. The Morgan fingerprint density at radius 3 is 2.46 bits per heavy atom. The maximum atomic E-state index is 14.7. The number of ether oxygens (including phenoxy) is 1. The van der Waals surface area contributed by atoms with Crippen molar-refractivity contribution < 1.29 is 22.7 Å². The van der Waals surface area contributed by atoms with Gasteiger partial charge in [0, 0.05) is 50.9 Å². The summed E-state index contributed by atoms with van der Waals surface area (Å²) in [5, 5.41) is 8.64. The van der Waals surface area contributed by atoms with Crippen molar-refractivity contribution in [3.63, 3.8) is 0 Å². The molecule has 3 aromatic rings. The number of amides is 1. The van der Waals surface area contributed by atoms with Crippen molar-refractivity contribution in [2.45, 2.75) is 96.1 Å². The van der Waals surface area contributed by atoms with Crippen molar-refractivity contribution in [2.24, 2.45) is 18.9 Å². The first kappa shape index (κ1) is 33.0. The number of benzene rings is 1. The van der Waals surface area contributed by atoms with Crippen LogP contribution in [0.25, 0.3) is 0 Å². The first-order valence-corrected chi connectivity index (χ1v) is 17.3. The van der Waals surface area contributed by atoms with Crippen molar-refractivity contribution in [1.29, 1.82) is 0 Å². The fourth-order valence-electron chi connectivity index (χ4n) is 8.59. The number of carbonyl (C=O) groups excluding carboxylic acids is 1. The minimum atomic E-state index is -4.61. The van der Waals surface area contributed by atoms with Crippen molar-refractivity contribution in [2.75, 3.05) is 31.6 Å². The summed E-state index contributed by atoms with van der Waals surface area (Å²) in [4.78, 5) is 24.9. The molecule has 2 aliphatic heterocycles. The number of nitrogens with zero attached hydrogens (tertiary/aromatic N) is 7. The van der Waals surface area contributed by atoms with E-state index in [-0.39, 0.29) is 29.8 Å². The molecule has 2 aliphatic carbocycles. The fraction of sp³-hybridized carbons (Fsp3) is 0.611. The average molecular weight is 666 g/mol. The molecule has 0 radical (unpaired) electrons. The van der Waals surface area contributed by atoms with E-state index in [0.29, 0.717) is 35.6 Å². The first-order chi connectivity index (χ1) is 22.8. The number of anilines is 1. The number of aromatic nitrogens is 4. The van der Waals surface area contributed by atoms with Gasteiger partial charge in [-0.2, -0.15) is 18.2 Å². The molecule has 0 unspecified atom stereocenters. The van der Waals surface area contributed by atoms with E-state index in [1.54, 1.807) is 12.4 Å². The van der Waals surface area contributed by atoms with Crippen LogP contribution in [0.4, 0.5) is 19.0 Å². The molecule has 1 amide bonds. The lowest BCUT2D eigenvalue weighted by Crippen LogP contribution is -2.53. The number of piperazine rings is 1. The smallest absolute Gasteiger partial charge is 0.416 e. The van der Waals surface area contributed by atoms with Crippen molar-refractivity contribution in [1.82, 2.24) is 29.5 Å². The Hall–Kier alpha value is -3.51. The molecule has 0 N–H and O–H groups in total. The fourth-order valence-corrected chi connectivity index (χ4v) is 8.59.